The summed E-state index contributed by atoms with van der Waals surface area (Å²) in [5.74, 6) is -1.01. The fraction of sp³-hybridized carbons (Fsp3) is 0.800. The van der Waals surface area contributed by atoms with Crippen molar-refractivity contribution >= 4 is 28.6 Å². The lowest BCUT2D eigenvalue weighted by atomic mass is 10.1. The van der Waals surface area contributed by atoms with Gasteiger partial charge in [-0.15, -0.1) is 0 Å². The Hall–Kier alpha value is -0.926. The molecular formula is C20H40O5Si2. The van der Waals surface area contributed by atoms with Gasteiger partial charge in [0.15, 0.2) is 8.32 Å². The number of esters is 2. The van der Waals surface area contributed by atoms with Crippen molar-refractivity contribution in [3.63, 3.8) is 0 Å². The molecule has 0 aliphatic rings. The third-order valence-electron chi connectivity index (χ3n) is 4.07. The van der Waals surface area contributed by atoms with Crippen molar-refractivity contribution in [1.29, 1.82) is 0 Å². The largest absolute Gasteiger partial charge is 0.463 e. The molecule has 1 unspecified atom stereocenters. The molecule has 0 amide bonds. The van der Waals surface area contributed by atoms with Crippen molar-refractivity contribution < 1.29 is 23.2 Å². The number of rotatable bonds is 14. The molecular weight excluding hydrogens is 376 g/mol. The fourth-order valence-electron chi connectivity index (χ4n) is 2.99. The molecule has 5 nitrogen and oxygen atoms in total. The molecule has 0 heterocycles. The molecule has 0 aromatic heterocycles. The van der Waals surface area contributed by atoms with Crippen LogP contribution in [0, 0.1) is 0 Å². The predicted octanol–water partition coefficient (Wildman–Crippen LogP) is 5.36. The van der Waals surface area contributed by atoms with Gasteiger partial charge in [0.05, 0.1) is 6.61 Å². The second-order valence-corrected chi connectivity index (χ2v) is 17.3. The van der Waals surface area contributed by atoms with Gasteiger partial charge in [0.25, 0.3) is 0 Å². The molecule has 0 aromatic rings. The van der Waals surface area contributed by atoms with E-state index in [1.165, 1.54) is 25.7 Å². The smallest absolute Gasteiger partial charge is 0.331 e. The zero-order valence-corrected chi connectivity index (χ0v) is 20.4. The van der Waals surface area contributed by atoms with Crippen LogP contribution in [0.15, 0.2) is 12.2 Å². The third-order valence-corrected chi connectivity index (χ3v) is 10.7. The highest BCUT2D eigenvalue weighted by Crippen LogP contribution is 2.22. The number of ether oxygens (including phenoxy) is 2. The van der Waals surface area contributed by atoms with Crippen LogP contribution in [0.5, 0.6) is 0 Å². The van der Waals surface area contributed by atoms with Crippen molar-refractivity contribution in [3.8, 4) is 0 Å². The summed E-state index contributed by atoms with van der Waals surface area (Å²) in [5, 5.41) is 0. The summed E-state index contributed by atoms with van der Waals surface area (Å²) < 4.78 is 17.0. The second kappa shape index (κ2) is 13.3. The second-order valence-electron chi connectivity index (χ2n) is 8.42. The maximum Gasteiger partial charge on any atom is 0.331 e. The van der Waals surface area contributed by atoms with E-state index in [-0.39, 0.29) is 5.73 Å². The van der Waals surface area contributed by atoms with E-state index in [1.54, 1.807) is 0 Å². The van der Waals surface area contributed by atoms with Crippen molar-refractivity contribution in [2.75, 3.05) is 6.61 Å². The lowest BCUT2D eigenvalue weighted by Crippen LogP contribution is -2.52. The number of unbranched alkanes of at least 4 members (excludes halogenated alkanes) is 5. The minimum atomic E-state index is -2.16. The van der Waals surface area contributed by atoms with Gasteiger partial charge in [-0.25, -0.2) is 9.59 Å². The topological polar surface area (TPSA) is 61.8 Å². The Morgan fingerprint density at radius 1 is 0.852 bits per heavy atom. The minimum Gasteiger partial charge on any atom is -0.463 e. The molecule has 0 aliphatic carbocycles. The molecule has 27 heavy (non-hydrogen) atoms. The van der Waals surface area contributed by atoms with E-state index < -0.39 is 28.6 Å². The molecule has 0 saturated heterocycles. The first-order valence-corrected chi connectivity index (χ1v) is 16.7. The molecule has 0 aliphatic heterocycles. The Labute approximate surface area is 168 Å². The van der Waals surface area contributed by atoms with Gasteiger partial charge in [-0.3, -0.25) is 0 Å². The van der Waals surface area contributed by atoms with Crippen LogP contribution in [0.1, 0.15) is 58.8 Å². The zero-order chi connectivity index (χ0) is 20.9. The summed E-state index contributed by atoms with van der Waals surface area (Å²) in [4.78, 5) is 23.8. The molecule has 7 heteroatoms. The summed E-state index contributed by atoms with van der Waals surface area (Å²) in [7, 11) is -3.87. The van der Waals surface area contributed by atoms with E-state index in [4.69, 9.17) is 13.6 Å². The normalized spacial score (nSPS) is 13.6. The van der Waals surface area contributed by atoms with Crippen LogP contribution >= 0.6 is 0 Å². The summed E-state index contributed by atoms with van der Waals surface area (Å²) in [6.07, 6.45) is 9.82. The molecule has 0 bridgehead atoms. The van der Waals surface area contributed by atoms with E-state index in [2.05, 4.69) is 39.7 Å². The van der Waals surface area contributed by atoms with Gasteiger partial charge in [-0.1, -0.05) is 46.0 Å². The SMILES string of the molecule is CCCCCCCCOC(=O)C=CC(=O)OC(CC)[Si](C)(C)O[Si](C)(C)C. The van der Waals surface area contributed by atoms with Crippen LogP contribution in [-0.4, -0.2) is 40.9 Å². The van der Waals surface area contributed by atoms with Gasteiger partial charge in [-0.2, -0.15) is 0 Å². The monoisotopic (exact) mass is 416 g/mol. The lowest BCUT2D eigenvalue weighted by molar-refractivity contribution is -0.142. The van der Waals surface area contributed by atoms with Gasteiger partial charge in [0.1, 0.15) is 5.73 Å². The van der Waals surface area contributed by atoms with Crippen molar-refractivity contribution in [2.45, 2.75) is 97.3 Å². The summed E-state index contributed by atoms with van der Waals surface area (Å²) in [6, 6.07) is 0. The van der Waals surface area contributed by atoms with Crippen molar-refractivity contribution in [1.82, 2.24) is 0 Å². The Kier molecular flexibility index (Phi) is 12.8. The Morgan fingerprint density at radius 2 is 1.41 bits per heavy atom. The highest BCUT2D eigenvalue weighted by Gasteiger charge is 2.39. The number of hydrogen-bond acceptors (Lipinski definition) is 5. The van der Waals surface area contributed by atoms with Crippen LogP contribution in [0.25, 0.3) is 0 Å². The Bertz CT molecular complexity index is 469. The maximum atomic E-state index is 12.1. The van der Waals surface area contributed by atoms with Crippen LogP contribution in [0.3, 0.4) is 0 Å². The van der Waals surface area contributed by atoms with Gasteiger partial charge < -0.3 is 13.6 Å². The highest BCUT2D eigenvalue weighted by molar-refractivity contribution is 6.84. The number of hydrogen-bond donors (Lipinski definition) is 0. The predicted molar refractivity (Wildman–Crippen MR) is 116 cm³/mol. The van der Waals surface area contributed by atoms with Crippen molar-refractivity contribution in [2.24, 2.45) is 0 Å². The molecule has 0 N–H and O–H groups in total. The fourth-order valence-corrected chi connectivity index (χ4v) is 11.2. The van der Waals surface area contributed by atoms with Crippen LogP contribution in [-0.2, 0) is 23.2 Å². The average molecular weight is 417 g/mol. The number of carbonyl (C=O) groups excluding carboxylic acids is 2. The van der Waals surface area contributed by atoms with Crippen LogP contribution in [0.4, 0.5) is 0 Å². The van der Waals surface area contributed by atoms with Crippen LogP contribution < -0.4 is 0 Å². The first-order chi connectivity index (χ1) is 12.5. The average Bonchev–Trinajstić information content (AvgIpc) is 2.54. The highest BCUT2D eigenvalue weighted by atomic mass is 28.4. The third kappa shape index (κ3) is 13.8. The Morgan fingerprint density at radius 3 is 1.96 bits per heavy atom. The van der Waals surface area contributed by atoms with Crippen molar-refractivity contribution in [3.05, 3.63) is 12.2 Å². The molecule has 0 fully saturated rings. The first-order valence-electron chi connectivity index (χ1n) is 10.3. The molecule has 158 valence electrons. The minimum absolute atomic E-state index is 0.236. The summed E-state index contributed by atoms with van der Waals surface area (Å²) in [5.41, 5.74) is -0.236. The maximum absolute atomic E-state index is 12.1. The van der Waals surface area contributed by atoms with E-state index in [9.17, 15) is 9.59 Å². The van der Waals surface area contributed by atoms with Crippen LogP contribution in [0.2, 0.25) is 32.7 Å². The molecule has 1 atom stereocenters. The summed E-state index contributed by atoms with van der Waals surface area (Å²) >= 11 is 0. The van der Waals surface area contributed by atoms with Gasteiger partial charge in [0, 0.05) is 12.2 Å². The molecule has 0 radical (unpaired) electrons. The van der Waals surface area contributed by atoms with Gasteiger partial charge in [-0.05, 0) is 45.6 Å². The van der Waals surface area contributed by atoms with E-state index in [0.29, 0.717) is 13.0 Å². The van der Waals surface area contributed by atoms with Gasteiger partial charge in [0.2, 0.25) is 8.32 Å². The lowest BCUT2D eigenvalue weighted by Gasteiger charge is -2.36. The van der Waals surface area contributed by atoms with E-state index in [1.807, 2.05) is 6.92 Å². The number of carbonyl (C=O) groups is 2. The van der Waals surface area contributed by atoms with E-state index in [0.717, 1.165) is 25.0 Å². The molecule has 0 saturated carbocycles. The molecule has 0 aromatic carbocycles. The standard InChI is InChI=1S/C20H40O5Si2/c1-8-10-11-12-13-14-17-23-18(21)15-16-19(22)24-20(9-2)27(6,7)25-26(3,4)5/h15-16,20H,8-14,17H2,1-7H3. The zero-order valence-electron chi connectivity index (χ0n) is 18.4. The quantitative estimate of drug-likeness (QED) is 0.165. The molecule has 0 spiro atoms. The van der Waals surface area contributed by atoms with E-state index >= 15 is 0 Å². The Balaban J connectivity index is 4.28. The van der Waals surface area contributed by atoms with Gasteiger partial charge >= 0.3 is 11.9 Å². The molecule has 0 rings (SSSR count). The summed E-state index contributed by atoms with van der Waals surface area (Å²) in [6.45, 7) is 15.1. The first kappa shape index (κ1) is 26.1.